The Hall–Kier alpha value is -2.94. The molecule has 2 aromatic carbocycles. The Bertz CT molecular complexity index is 1160. The van der Waals surface area contributed by atoms with Gasteiger partial charge in [-0.1, -0.05) is 57.7 Å². The van der Waals surface area contributed by atoms with Crippen molar-refractivity contribution in [2.45, 2.75) is 59.4 Å². The van der Waals surface area contributed by atoms with Crippen molar-refractivity contribution >= 4 is 11.4 Å². The van der Waals surface area contributed by atoms with Gasteiger partial charge in [-0.2, -0.15) is 0 Å². The fraction of sp³-hybridized carbons (Fsp3) is 0.387. The number of aromatic nitrogens is 1. The second-order valence-electron chi connectivity index (χ2n) is 10.9. The lowest BCUT2D eigenvalue weighted by atomic mass is 9.95. The standard InChI is InChI=1S/C31H37FN2/c1-21(2)12-13-24-16-26(18-27(32)17-24)29-15-14-28(23(4)25-10-8-7-9-11-25)30(33-29)34-20-22(3)19-31(34,5)6/h7-11,14-18,21-22H,4,12-13,19-20H2,1-3,5-6H3. The van der Waals surface area contributed by atoms with Crippen molar-refractivity contribution in [2.24, 2.45) is 11.8 Å². The van der Waals surface area contributed by atoms with E-state index in [2.05, 4.69) is 70.4 Å². The molecule has 0 spiro atoms. The molecular formula is C31H37FN2. The molecule has 0 amide bonds. The van der Waals surface area contributed by atoms with Crippen LogP contribution in [0, 0.1) is 17.7 Å². The number of hydrogen-bond donors (Lipinski definition) is 0. The number of pyridine rings is 1. The molecule has 0 N–H and O–H groups in total. The Morgan fingerprint density at radius 3 is 2.50 bits per heavy atom. The minimum absolute atomic E-state index is 0.0128. The van der Waals surface area contributed by atoms with Crippen LogP contribution in [-0.2, 0) is 6.42 Å². The normalized spacial score (nSPS) is 17.4. The Kier molecular flexibility index (Phi) is 6.93. The van der Waals surface area contributed by atoms with Crippen molar-refractivity contribution in [3.63, 3.8) is 0 Å². The Morgan fingerprint density at radius 2 is 1.85 bits per heavy atom. The van der Waals surface area contributed by atoms with Gasteiger partial charge in [0.05, 0.1) is 5.69 Å². The third kappa shape index (κ3) is 5.24. The number of rotatable bonds is 7. The first-order valence-corrected chi connectivity index (χ1v) is 12.5. The molecule has 1 aromatic heterocycles. The van der Waals surface area contributed by atoms with E-state index in [1.165, 1.54) is 0 Å². The zero-order valence-electron chi connectivity index (χ0n) is 21.2. The summed E-state index contributed by atoms with van der Waals surface area (Å²) in [5.74, 6) is 1.90. The van der Waals surface area contributed by atoms with Gasteiger partial charge in [0.15, 0.2) is 0 Å². The SMILES string of the molecule is C=C(c1ccccc1)c1ccc(-c2cc(F)cc(CCC(C)C)c2)nc1N1CC(C)CC1(C)C. The Morgan fingerprint density at radius 1 is 1.12 bits per heavy atom. The number of hydrogen-bond acceptors (Lipinski definition) is 2. The minimum atomic E-state index is -0.201. The minimum Gasteiger partial charge on any atom is -0.351 e. The van der Waals surface area contributed by atoms with Crippen LogP contribution in [0.1, 0.15) is 64.2 Å². The van der Waals surface area contributed by atoms with Gasteiger partial charge >= 0.3 is 0 Å². The van der Waals surface area contributed by atoms with Crippen LogP contribution in [0.5, 0.6) is 0 Å². The monoisotopic (exact) mass is 456 g/mol. The largest absolute Gasteiger partial charge is 0.351 e. The quantitative estimate of drug-likeness (QED) is 0.356. The number of benzene rings is 2. The Balaban J connectivity index is 1.80. The molecule has 0 saturated carbocycles. The summed E-state index contributed by atoms with van der Waals surface area (Å²) in [5.41, 5.74) is 5.74. The maximum atomic E-state index is 14.6. The van der Waals surface area contributed by atoms with Crippen LogP contribution in [0.15, 0.2) is 67.2 Å². The van der Waals surface area contributed by atoms with Crippen LogP contribution >= 0.6 is 0 Å². The summed E-state index contributed by atoms with van der Waals surface area (Å²) in [6.07, 6.45) is 3.02. The van der Waals surface area contributed by atoms with E-state index in [1.54, 1.807) is 12.1 Å². The molecule has 0 bridgehead atoms. The fourth-order valence-corrected chi connectivity index (χ4v) is 5.20. The number of anilines is 1. The second-order valence-corrected chi connectivity index (χ2v) is 10.9. The first kappa shape index (κ1) is 24.2. The zero-order chi connectivity index (χ0) is 24.5. The van der Waals surface area contributed by atoms with Crippen LogP contribution in [0.25, 0.3) is 16.8 Å². The van der Waals surface area contributed by atoms with E-state index in [9.17, 15) is 4.39 Å². The molecule has 1 atom stereocenters. The molecule has 1 unspecified atom stereocenters. The zero-order valence-corrected chi connectivity index (χ0v) is 21.2. The van der Waals surface area contributed by atoms with Crippen LogP contribution < -0.4 is 4.90 Å². The number of aryl methyl sites for hydroxylation is 1. The summed E-state index contributed by atoms with van der Waals surface area (Å²) >= 11 is 0. The highest BCUT2D eigenvalue weighted by molar-refractivity contribution is 5.85. The van der Waals surface area contributed by atoms with Crippen LogP contribution in [0.2, 0.25) is 0 Å². The van der Waals surface area contributed by atoms with Gasteiger partial charge in [0.2, 0.25) is 0 Å². The summed E-state index contributed by atoms with van der Waals surface area (Å²) < 4.78 is 14.6. The number of halogens is 1. The second kappa shape index (κ2) is 9.74. The van der Waals surface area contributed by atoms with Crippen molar-refractivity contribution in [1.82, 2.24) is 4.98 Å². The van der Waals surface area contributed by atoms with E-state index < -0.39 is 0 Å². The fourth-order valence-electron chi connectivity index (χ4n) is 5.20. The molecule has 1 aliphatic rings. The van der Waals surface area contributed by atoms with E-state index >= 15 is 0 Å². The van der Waals surface area contributed by atoms with E-state index in [1.807, 2.05) is 24.3 Å². The molecule has 4 rings (SSSR count). The molecule has 3 aromatic rings. The van der Waals surface area contributed by atoms with Gasteiger partial charge in [-0.25, -0.2) is 9.37 Å². The molecule has 3 heteroatoms. The van der Waals surface area contributed by atoms with E-state index in [0.29, 0.717) is 11.8 Å². The third-order valence-corrected chi connectivity index (χ3v) is 6.91. The van der Waals surface area contributed by atoms with Gasteiger partial charge in [-0.05, 0) is 92.0 Å². The molecule has 2 nitrogen and oxygen atoms in total. The van der Waals surface area contributed by atoms with E-state index in [4.69, 9.17) is 4.98 Å². The smallest absolute Gasteiger partial charge is 0.137 e. The van der Waals surface area contributed by atoms with Crippen LogP contribution in [-0.4, -0.2) is 17.1 Å². The van der Waals surface area contributed by atoms with Crippen LogP contribution in [0.3, 0.4) is 0 Å². The van der Waals surface area contributed by atoms with Crippen LogP contribution in [0.4, 0.5) is 10.2 Å². The molecule has 0 radical (unpaired) electrons. The number of nitrogens with zero attached hydrogens (tertiary/aromatic N) is 2. The molecule has 178 valence electrons. The summed E-state index contributed by atoms with van der Waals surface area (Å²) in [6.45, 7) is 16.6. The lowest BCUT2D eigenvalue weighted by Gasteiger charge is -2.34. The van der Waals surface area contributed by atoms with Gasteiger partial charge in [0, 0.05) is 23.2 Å². The van der Waals surface area contributed by atoms with Gasteiger partial charge in [0.25, 0.3) is 0 Å². The van der Waals surface area contributed by atoms with E-state index in [-0.39, 0.29) is 11.4 Å². The van der Waals surface area contributed by atoms with Gasteiger partial charge < -0.3 is 4.90 Å². The molecule has 1 fully saturated rings. The molecular weight excluding hydrogens is 419 g/mol. The van der Waals surface area contributed by atoms with Crippen molar-refractivity contribution in [2.75, 3.05) is 11.4 Å². The average Bonchev–Trinajstić information content (AvgIpc) is 3.08. The highest BCUT2D eigenvalue weighted by Gasteiger charge is 2.38. The van der Waals surface area contributed by atoms with Gasteiger partial charge in [-0.15, -0.1) is 0 Å². The molecule has 0 aliphatic carbocycles. The molecule has 2 heterocycles. The lowest BCUT2D eigenvalue weighted by Crippen LogP contribution is -2.39. The maximum absolute atomic E-state index is 14.6. The van der Waals surface area contributed by atoms with Crippen molar-refractivity contribution in [3.8, 4) is 11.3 Å². The summed E-state index contributed by atoms with van der Waals surface area (Å²) in [4.78, 5) is 7.60. The first-order valence-electron chi connectivity index (χ1n) is 12.5. The topological polar surface area (TPSA) is 16.1 Å². The van der Waals surface area contributed by atoms with Gasteiger partial charge in [-0.3, -0.25) is 0 Å². The van der Waals surface area contributed by atoms with Gasteiger partial charge in [0.1, 0.15) is 11.6 Å². The highest BCUT2D eigenvalue weighted by atomic mass is 19.1. The maximum Gasteiger partial charge on any atom is 0.137 e. The molecule has 34 heavy (non-hydrogen) atoms. The average molecular weight is 457 g/mol. The van der Waals surface area contributed by atoms with Crippen molar-refractivity contribution in [3.05, 3.63) is 89.8 Å². The van der Waals surface area contributed by atoms with E-state index in [0.717, 1.165) is 65.1 Å². The van der Waals surface area contributed by atoms with Crippen molar-refractivity contribution < 1.29 is 4.39 Å². The summed E-state index contributed by atoms with van der Waals surface area (Å²) in [5, 5.41) is 0. The molecule has 1 saturated heterocycles. The summed E-state index contributed by atoms with van der Waals surface area (Å²) in [7, 11) is 0. The summed E-state index contributed by atoms with van der Waals surface area (Å²) in [6, 6.07) is 19.8. The lowest BCUT2D eigenvalue weighted by molar-refractivity contribution is 0.486. The highest BCUT2D eigenvalue weighted by Crippen LogP contribution is 2.41. The first-order chi connectivity index (χ1) is 16.1. The van der Waals surface area contributed by atoms with Crippen molar-refractivity contribution in [1.29, 1.82) is 0 Å². The third-order valence-electron chi connectivity index (χ3n) is 6.91. The molecule has 1 aliphatic heterocycles. The Labute approximate surface area is 204 Å². The predicted octanol–water partition coefficient (Wildman–Crippen LogP) is 8.16. The predicted molar refractivity (Wildman–Crippen MR) is 143 cm³/mol.